The average Bonchev–Trinajstić information content (AvgIpc) is 2.83. The van der Waals surface area contributed by atoms with Crippen LogP contribution in [0.1, 0.15) is 26.7 Å². The Bertz CT molecular complexity index is 1090. The molecule has 0 aromatic heterocycles. The van der Waals surface area contributed by atoms with Gasteiger partial charge in [0.25, 0.3) is 0 Å². The number of benzene rings is 3. The molecular weight excluding hydrogens is 362 g/mol. The topological polar surface area (TPSA) is 29.1 Å². The molecule has 5 rings (SSSR count). The van der Waals surface area contributed by atoms with E-state index in [2.05, 4.69) is 17.4 Å². The molecule has 0 spiro atoms. The van der Waals surface area contributed by atoms with E-state index in [1.807, 2.05) is 60.7 Å². The molecule has 0 bridgehead atoms. The number of nitrogens with one attached hydrogen (secondary N) is 1. The van der Waals surface area contributed by atoms with Gasteiger partial charge in [0.15, 0.2) is 5.78 Å². The normalized spacial score (nSPS) is 17.9. The first-order valence-corrected chi connectivity index (χ1v) is 9.64. The number of halogens is 1. The summed E-state index contributed by atoms with van der Waals surface area (Å²) in [6.45, 7) is 0. The number of rotatable bonds is 1. The van der Waals surface area contributed by atoms with E-state index in [0.717, 1.165) is 38.5 Å². The highest BCUT2D eigenvalue weighted by Gasteiger charge is 2.38. The lowest BCUT2D eigenvalue weighted by Gasteiger charge is -2.17. The Morgan fingerprint density at radius 2 is 1.65 bits per heavy atom. The van der Waals surface area contributed by atoms with Crippen LogP contribution in [0.3, 0.4) is 0 Å². The first kappa shape index (κ1) is 15.7. The SMILES string of the molecule is O=C1C2=C(Nc3ccccc3SC2c2cccc(Cl)c2)c2ccccc21. The lowest BCUT2D eigenvalue weighted by molar-refractivity contribution is 0.103. The summed E-state index contributed by atoms with van der Waals surface area (Å²) in [5, 5.41) is 4.10. The Kier molecular flexibility index (Phi) is 3.66. The van der Waals surface area contributed by atoms with Crippen LogP contribution in [0.15, 0.2) is 83.3 Å². The quantitative estimate of drug-likeness (QED) is 0.548. The van der Waals surface area contributed by atoms with Crippen molar-refractivity contribution in [1.82, 2.24) is 0 Å². The van der Waals surface area contributed by atoms with Crippen LogP contribution in [0.5, 0.6) is 0 Å². The molecule has 126 valence electrons. The van der Waals surface area contributed by atoms with Crippen molar-refractivity contribution in [3.05, 3.63) is 100 Å². The summed E-state index contributed by atoms with van der Waals surface area (Å²) in [6, 6.07) is 23.8. The second-order valence-electron chi connectivity index (χ2n) is 6.34. The Balaban J connectivity index is 1.76. The molecule has 1 atom stereocenters. The van der Waals surface area contributed by atoms with Crippen molar-refractivity contribution in [1.29, 1.82) is 0 Å². The Labute approximate surface area is 160 Å². The number of hydrogen-bond acceptors (Lipinski definition) is 3. The van der Waals surface area contributed by atoms with Crippen LogP contribution in [0, 0.1) is 0 Å². The maximum absolute atomic E-state index is 13.3. The molecule has 0 saturated carbocycles. The van der Waals surface area contributed by atoms with Gasteiger partial charge in [0.1, 0.15) is 0 Å². The number of hydrogen-bond donors (Lipinski definition) is 1. The largest absolute Gasteiger partial charge is 0.354 e. The Morgan fingerprint density at radius 1 is 0.885 bits per heavy atom. The summed E-state index contributed by atoms with van der Waals surface area (Å²) in [5.74, 6) is 0.0911. The average molecular weight is 376 g/mol. The van der Waals surface area contributed by atoms with E-state index in [9.17, 15) is 4.79 Å². The predicted octanol–water partition coefficient (Wildman–Crippen LogP) is 6.21. The molecule has 0 saturated heterocycles. The number of anilines is 1. The van der Waals surface area contributed by atoms with Crippen molar-refractivity contribution in [2.24, 2.45) is 0 Å². The molecule has 3 aromatic rings. The molecule has 2 nitrogen and oxygen atoms in total. The van der Waals surface area contributed by atoms with Crippen LogP contribution < -0.4 is 5.32 Å². The minimum Gasteiger partial charge on any atom is -0.354 e. The van der Waals surface area contributed by atoms with E-state index in [-0.39, 0.29) is 11.0 Å². The van der Waals surface area contributed by atoms with E-state index in [4.69, 9.17) is 11.6 Å². The van der Waals surface area contributed by atoms with Gasteiger partial charge in [0.05, 0.1) is 16.6 Å². The molecule has 3 aromatic carbocycles. The summed E-state index contributed by atoms with van der Waals surface area (Å²) >= 11 is 7.94. The predicted molar refractivity (Wildman–Crippen MR) is 108 cm³/mol. The monoisotopic (exact) mass is 375 g/mol. The van der Waals surface area contributed by atoms with Crippen LogP contribution in [-0.2, 0) is 0 Å². The Morgan fingerprint density at radius 3 is 2.50 bits per heavy atom. The maximum Gasteiger partial charge on any atom is 0.193 e. The highest BCUT2D eigenvalue weighted by Crippen LogP contribution is 2.52. The molecule has 1 N–H and O–H groups in total. The molecule has 26 heavy (non-hydrogen) atoms. The number of carbonyl (C=O) groups excluding carboxylic acids is 1. The molecule has 0 fully saturated rings. The maximum atomic E-state index is 13.3. The highest BCUT2D eigenvalue weighted by atomic mass is 35.5. The summed E-state index contributed by atoms with van der Waals surface area (Å²) < 4.78 is 0. The number of fused-ring (bicyclic) bond motifs is 3. The second-order valence-corrected chi connectivity index (χ2v) is 7.92. The third-order valence-electron chi connectivity index (χ3n) is 4.76. The van der Waals surface area contributed by atoms with Crippen LogP contribution in [-0.4, -0.2) is 5.78 Å². The number of carbonyl (C=O) groups is 1. The molecule has 1 aliphatic carbocycles. The fraction of sp³-hybridized carbons (Fsp3) is 0.0455. The smallest absolute Gasteiger partial charge is 0.193 e. The molecule has 1 aliphatic heterocycles. The molecule has 0 radical (unpaired) electrons. The van der Waals surface area contributed by atoms with Gasteiger partial charge in [-0.05, 0) is 29.8 Å². The molecule has 1 unspecified atom stereocenters. The summed E-state index contributed by atoms with van der Waals surface area (Å²) in [7, 11) is 0. The van der Waals surface area contributed by atoms with Crippen LogP contribution in [0.2, 0.25) is 5.02 Å². The zero-order chi connectivity index (χ0) is 17.7. The first-order chi connectivity index (χ1) is 12.7. The van der Waals surface area contributed by atoms with Crippen LogP contribution in [0.4, 0.5) is 5.69 Å². The molecule has 1 heterocycles. The number of thioether (sulfide) groups is 1. The van der Waals surface area contributed by atoms with Crippen molar-refractivity contribution >= 4 is 40.5 Å². The number of para-hydroxylation sites is 1. The van der Waals surface area contributed by atoms with Gasteiger partial charge in [0, 0.05) is 26.6 Å². The molecule has 4 heteroatoms. The van der Waals surface area contributed by atoms with Gasteiger partial charge < -0.3 is 5.32 Å². The number of ketones is 1. The lowest BCUT2D eigenvalue weighted by atomic mass is 10.0. The molecular formula is C22H14ClNOS. The van der Waals surface area contributed by atoms with E-state index in [0.29, 0.717) is 5.02 Å². The van der Waals surface area contributed by atoms with E-state index < -0.39 is 0 Å². The van der Waals surface area contributed by atoms with Gasteiger partial charge >= 0.3 is 0 Å². The zero-order valence-electron chi connectivity index (χ0n) is 13.7. The fourth-order valence-electron chi connectivity index (χ4n) is 3.59. The molecule has 2 aliphatic rings. The van der Waals surface area contributed by atoms with Crippen molar-refractivity contribution < 1.29 is 4.79 Å². The van der Waals surface area contributed by atoms with Crippen molar-refractivity contribution in [3.63, 3.8) is 0 Å². The number of Topliss-reactive ketones (excluding diaryl/α,β-unsaturated/α-hetero) is 1. The van der Waals surface area contributed by atoms with Crippen molar-refractivity contribution in [2.45, 2.75) is 10.1 Å². The van der Waals surface area contributed by atoms with Gasteiger partial charge in [-0.15, -0.1) is 11.8 Å². The standard InChI is InChI=1S/C22H14ClNOS/c23-14-7-5-6-13(12-14)22-19-20(15-8-1-2-9-16(15)21(19)25)24-17-10-3-4-11-18(17)26-22/h1-12,22,24H. The lowest BCUT2D eigenvalue weighted by Crippen LogP contribution is -2.07. The molecule has 0 amide bonds. The van der Waals surface area contributed by atoms with Gasteiger partial charge in [0.2, 0.25) is 0 Å². The third kappa shape index (κ3) is 2.39. The zero-order valence-corrected chi connectivity index (χ0v) is 15.3. The van der Waals surface area contributed by atoms with Gasteiger partial charge in [-0.3, -0.25) is 4.79 Å². The van der Waals surface area contributed by atoms with Gasteiger partial charge in [-0.1, -0.05) is 60.1 Å². The first-order valence-electron chi connectivity index (χ1n) is 8.39. The van der Waals surface area contributed by atoms with Gasteiger partial charge in [-0.25, -0.2) is 0 Å². The minimum absolute atomic E-state index is 0.0911. The summed E-state index contributed by atoms with van der Waals surface area (Å²) in [5.41, 5.74) is 5.50. The van der Waals surface area contributed by atoms with E-state index >= 15 is 0 Å². The highest BCUT2D eigenvalue weighted by molar-refractivity contribution is 8.00. The fourth-order valence-corrected chi connectivity index (χ4v) is 5.07. The van der Waals surface area contributed by atoms with E-state index in [1.165, 1.54) is 0 Å². The Hall–Kier alpha value is -2.49. The van der Waals surface area contributed by atoms with Crippen LogP contribution >= 0.6 is 23.4 Å². The van der Waals surface area contributed by atoms with Crippen LogP contribution in [0.25, 0.3) is 5.70 Å². The van der Waals surface area contributed by atoms with E-state index in [1.54, 1.807) is 11.8 Å². The minimum atomic E-state index is -0.111. The second kappa shape index (κ2) is 6.04. The van der Waals surface area contributed by atoms with Crippen molar-refractivity contribution in [3.8, 4) is 0 Å². The van der Waals surface area contributed by atoms with Crippen molar-refractivity contribution in [2.75, 3.05) is 5.32 Å². The van der Waals surface area contributed by atoms with Gasteiger partial charge in [-0.2, -0.15) is 0 Å². The third-order valence-corrected chi connectivity index (χ3v) is 6.35. The summed E-state index contributed by atoms with van der Waals surface area (Å²) in [4.78, 5) is 14.4. The summed E-state index contributed by atoms with van der Waals surface area (Å²) in [6.07, 6.45) is 0.